The average molecular weight is 245 g/mol. The number of aromatic amines is 1. The lowest BCUT2D eigenvalue weighted by Gasteiger charge is -2.10. The molecule has 1 aliphatic rings. The molecule has 0 bridgehead atoms. The van der Waals surface area contributed by atoms with Crippen LogP contribution in [-0.2, 0) is 6.54 Å². The van der Waals surface area contributed by atoms with Crippen LogP contribution in [0.2, 0.25) is 0 Å². The molecule has 1 aliphatic carbocycles. The molecule has 2 heterocycles. The van der Waals surface area contributed by atoms with Gasteiger partial charge in [0.25, 0.3) is 0 Å². The second-order valence-electron chi connectivity index (χ2n) is 5.26. The van der Waals surface area contributed by atoms with Gasteiger partial charge in [-0.1, -0.05) is 6.92 Å². The van der Waals surface area contributed by atoms with Crippen LogP contribution in [-0.4, -0.2) is 10.2 Å². The Hall–Kier alpha value is -1.55. The van der Waals surface area contributed by atoms with Crippen molar-refractivity contribution >= 4 is 0 Å². The van der Waals surface area contributed by atoms with Crippen molar-refractivity contribution in [2.45, 2.75) is 38.8 Å². The molecule has 1 saturated carbocycles. The zero-order valence-corrected chi connectivity index (χ0v) is 10.8. The Morgan fingerprint density at radius 1 is 1.56 bits per heavy atom. The van der Waals surface area contributed by atoms with Gasteiger partial charge in [-0.2, -0.15) is 5.10 Å². The Labute approximate surface area is 107 Å². The van der Waals surface area contributed by atoms with Crippen LogP contribution >= 0.6 is 0 Å². The quantitative estimate of drug-likeness (QED) is 0.851. The van der Waals surface area contributed by atoms with Crippen LogP contribution in [0.3, 0.4) is 0 Å². The average Bonchev–Trinajstić information content (AvgIpc) is 2.87. The molecule has 4 nitrogen and oxygen atoms in total. The molecule has 3 rings (SSSR count). The summed E-state index contributed by atoms with van der Waals surface area (Å²) in [6.07, 6.45) is 5.03. The summed E-state index contributed by atoms with van der Waals surface area (Å²) in [4.78, 5) is 0. The summed E-state index contributed by atoms with van der Waals surface area (Å²) in [5, 5.41) is 10.2. The number of nitrogens with zero attached hydrogens (tertiary/aromatic N) is 1. The van der Waals surface area contributed by atoms with Crippen molar-refractivity contribution in [1.29, 1.82) is 0 Å². The Balaban J connectivity index is 1.55. The smallest absolute Gasteiger partial charge is 0.117 e. The fourth-order valence-electron chi connectivity index (χ4n) is 2.28. The van der Waals surface area contributed by atoms with Gasteiger partial charge in [-0.3, -0.25) is 5.10 Å². The Bertz CT molecular complexity index is 503. The third-order valence-corrected chi connectivity index (χ3v) is 3.76. The van der Waals surface area contributed by atoms with Crippen molar-refractivity contribution in [3.63, 3.8) is 0 Å². The zero-order valence-electron chi connectivity index (χ0n) is 10.8. The molecule has 0 aliphatic heterocycles. The molecule has 2 N–H and O–H groups in total. The maximum absolute atomic E-state index is 5.86. The summed E-state index contributed by atoms with van der Waals surface area (Å²) in [6, 6.07) is 4.47. The van der Waals surface area contributed by atoms with E-state index in [1.807, 2.05) is 12.4 Å². The predicted octanol–water partition coefficient (Wildman–Crippen LogP) is 2.98. The molecule has 0 saturated heterocycles. The highest BCUT2D eigenvalue weighted by Gasteiger charge is 2.36. The van der Waals surface area contributed by atoms with Gasteiger partial charge in [-0.05, 0) is 31.4 Å². The maximum Gasteiger partial charge on any atom is 0.117 e. The van der Waals surface area contributed by atoms with Gasteiger partial charge < -0.3 is 9.73 Å². The first-order valence-electron chi connectivity index (χ1n) is 6.54. The van der Waals surface area contributed by atoms with E-state index in [-0.39, 0.29) is 6.04 Å². The van der Waals surface area contributed by atoms with E-state index in [0.717, 1.165) is 29.5 Å². The first-order valence-corrected chi connectivity index (χ1v) is 6.54. The van der Waals surface area contributed by atoms with E-state index in [1.54, 1.807) is 0 Å². The molecule has 0 aromatic carbocycles. The van der Waals surface area contributed by atoms with Crippen LogP contribution in [0.4, 0.5) is 0 Å². The largest absolute Gasteiger partial charge is 0.464 e. The summed E-state index contributed by atoms with van der Waals surface area (Å²) >= 11 is 0. The standard InChI is InChI=1S/C14H19N3O/c1-9-5-13(9)14-4-3-12(18-14)8-15-10(2)11-6-16-17-7-11/h3-4,6-7,9-10,13,15H,5,8H2,1-2H3,(H,16,17). The zero-order chi connectivity index (χ0) is 12.5. The van der Waals surface area contributed by atoms with Crippen molar-refractivity contribution in [1.82, 2.24) is 15.5 Å². The lowest BCUT2D eigenvalue weighted by atomic mass is 10.2. The van der Waals surface area contributed by atoms with E-state index in [9.17, 15) is 0 Å². The summed E-state index contributed by atoms with van der Waals surface area (Å²) in [5.41, 5.74) is 1.16. The number of H-pyrrole nitrogens is 1. The second kappa shape index (κ2) is 4.61. The van der Waals surface area contributed by atoms with Crippen molar-refractivity contribution < 1.29 is 4.42 Å². The molecule has 1 fully saturated rings. The molecular weight excluding hydrogens is 226 g/mol. The molecule has 0 radical (unpaired) electrons. The molecule has 0 spiro atoms. The monoisotopic (exact) mass is 245 g/mol. The highest BCUT2D eigenvalue weighted by atomic mass is 16.3. The normalized spacial score (nSPS) is 24.1. The van der Waals surface area contributed by atoms with E-state index in [0.29, 0.717) is 5.92 Å². The molecule has 0 amide bonds. The van der Waals surface area contributed by atoms with Gasteiger partial charge in [0.1, 0.15) is 11.5 Å². The van der Waals surface area contributed by atoms with Gasteiger partial charge >= 0.3 is 0 Å². The summed E-state index contributed by atoms with van der Waals surface area (Å²) in [7, 11) is 0. The van der Waals surface area contributed by atoms with Gasteiger partial charge in [0.15, 0.2) is 0 Å². The molecule has 2 aromatic rings. The second-order valence-corrected chi connectivity index (χ2v) is 5.26. The van der Waals surface area contributed by atoms with Crippen molar-refractivity contribution in [3.05, 3.63) is 41.6 Å². The summed E-state index contributed by atoms with van der Waals surface area (Å²) < 4.78 is 5.86. The number of hydrogen-bond donors (Lipinski definition) is 2. The van der Waals surface area contributed by atoms with E-state index in [2.05, 4.69) is 41.5 Å². The lowest BCUT2D eigenvalue weighted by molar-refractivity contribution is 0.430. The van der Waals surface area contributed by atoms with Gasteiger partial charge in [0, 0.05) is 23.7 Å². The molecule has 2 aromatic heterocycles. The fraction of sp³-hybridized carbons (Fsp3) is 0.500. The number of aromatic nitrogens is 2. The van der Waals surface area contributed by atoms with Crippen molar-refractivity contribution in [2.75, 3.05) is 0 Å². The molecular formula is C14H19N3O. The molecule has 4 heteroatoms. The van der Waals surface area contributed by atoms with Crippen LogP contribution in [0.15, 0.2) is 28.9 Å². The topological polar surface area (TPSA) is 53.9 Å². The Kier molecular flexibility index (Phi) is 2.96. The Morgan fingerprint density at radius 3 is 3.06 bits per heavy atom. The summed E-state index contributed by atoms with van der Waals surface area (Å²) in [6.45, 7) is 5.15. The number of furan rings is 1. The molecule has 3 unspecified atom stereocenters. The van der Waals surface area contributed by atoms with Crippen molar-refractivity contribution in [3.8, 4) is 0 Å². The van der Waals surface area contributed by atoms with Gasteiger partial charge in [-0.25, -0.2) is 0 Å². The molecule has 18 heavy (non-hydrogen) atoms. The van der Waals surface area contributed by atoms with Crippen LogP contribution in [0.5, 0.6) is 0 Å². The van der Waals surface area contributed by atoms with E-state index >= 15 is 0 Å². The first kappa shape index (κ1) is 11.5. The van der Waals surface area contributed by atoms with Gasteiger partial charge in [0.2, 0.25) is 0 Å². The van der Waals surface area contributed by atoms with E-state index in [1.165, 1.54) is 6.42 Å². The third kappa shape index (κ3) is 2.34. The number of rotatable bonds is 5. The SMILES string of the molecule is CC(NCc1ccc(C2CC2C)o1)c1cn[nH]c1. The van der Waals surface area contributed by atoms with Crippen LogP contribution in [0, 0.1) is 5.92 Å². The number of hydrogen-bond acceptors (Lipinski definition) is 3. The van der Waals surface area contributed by atoms with Gasteiger partial charge in [-0.15, -0.1) is 0 Å². The minimum Gasteiger partial charge on any atom is -0.464 e. The fourth-order valence-corrected chi connectivity index (χ4v) is 2.28. The minimum absolute atomic E-state index is 0.275. The first-order chi connectivity index (χ1) is 8.74. The summed E-state index contributed by atoms with van der Waals surface area (Å²) in [5.74, 6) is 3.61. The van der Waals surface area contributed by atoms with E-state index < -0.39 is 0 Å². The minimum atomic E-state index is 0.275. The van der Waals surface area contributed by atoms with Gasteiger partial charge in [0.05, 0.1) is 12.7 Å². The van der Waals surface area contributed by atoms with E-state index in [4.69, 9.17) is 4.42 Å². The van der Waals surface area contributed by atoms with Crippen LogP contribution in [0.25, 0.3) is 0 Å². The predicted molar refractivity (Wildman–Crippen MR) is 69.1 cm³/mol. The Morgan fingerprint density at radius 2 is 2.39 bits per heavy atom. The molecule has 3 atom stereocenters. The van der Waals surface area contributed by atoms with Crippen molar-refractivity contribution in [2.24, 2.45) is 5.92 Å². The highest BCUT2D eigenvalue weighted by molar-refractivity contribution is 5.18. The van der Waals surface area contributed by atoms with Crippen LogP contribution in [0.1, 0.15) is 49.3 Å². The third-order valence-electron chi connectivity index (χ3n) is 3.76. The van der Waals surface area contributed by atoms with Crippen LogP contribution < -0.4 is 5.32 Å². The lowest BCUT2D eigenvalue weighted by Crippen LogP contribution is -2.17. The highest BCUT2D eigenvalue weighted by Crippen LogP contribution is 2.47. The maximum atomic E-state index is 5.86. The molecule has 96 valence electrons. The number of nitrogens with one attached hydrogen (secondary N) is 2.